The summed E-state index contributed by atoms with van der Waals surface area (Å²) in [5, 5.41) is 8.36. The Morgan fingerprint density at radius 3 is 2.33 bits per heavy atom. The molecule has 0 bridgehead atoms. The summed E-state index contributed by atoms with van der Waals surface area (Å²) < 4.78 is 0. The van der Waals surface area contributed by atoms with Gasteiger partial charge in [0.1, 0.15) is 6.54 Å². The highest BCUT2D eigenvalue weighted by Crippen LogP contribution is 2.11. The molecule has 3 nitrogen and oxygen atoms in total. The lowest BCUT2D eigenvalue weighted by molar-refractivity contribution is -0.134. The van der Waals surface area contributed by atoms with Gasteiger partial charge in [-0.05, 0) is 5.92 Å². The van der Waals surface area contributed by atoms with Crippen molar-refractivity contribution in [2.75, 3.05) is 13.6 Å². The monoisotopic (exact) mass is 168 g/mol. The second-order valence-corrected chi connectivity index (χ2v) is 3.39. The summed E-state index contributed by atoms with van der Waals surface area (Å²) in [6.07, 6.45) is 0. The van der Waals surface area contributed by atoms with Crippen molar-refractivity contribution in [3.8, 4) is 6.07 Å². The molecule has 12 heavy (non-hydrogen) atoms. The molecule has 0 spiro atoms. The van der Waals surface area contributed by atoms with E-state index in [2.05, 4.69) is 0 Å². The fourth-order valence-electron chi connectivity index (χ4n) is 0.817. The van der Waals surface area contributed by atoms with Gasteiger partial charge in [-0.2, -0.15) is 5.26 Å². The molecule has 1 unspecified atom stereocenters. The predicted molar refractivity (Wildman–Crippen MR) is 47.3 cm³/mol. The fourth-order valence-corrected chi connectivity index (χ4v) is 0.817. The second kappa shape index (κ2) is 4.76. The van der Waals surface area contributed by atoms with Crippen LogP contribution in [0.15, 0.2) is 0 Å². The van der Waals surface area contributed by atoms with Gasteiger partial charge in [-0.25, -0.2) is 0 Å². The van der Waals surface area contributed by atoms with Gasteiger partial charge in [0, 0.05) is 13.0 Å². The lowest BCUT2D eigenvalue weighted by Gasteiger charge is -2.20. The van der Waals surface area contributed by atoms with Crippen LogP contribution in [-0.4, -0.2) is 24.4 Å². The number of hydrogen-bond acceptors (Lipinski definition) is 2. The third-order valence-corrected chi connectivity index (χ3v) is 2.07. The van der Waals surface area contributed by atoms with Gasteiger partial charge >= 0.3 is 0 Å². The van der Waals surface area contributed by atoms with Crippen LogP contribution in [-0.2, 0) is 4.79 Å². The predicted octanol–water partition coefficient (Wildman–Crippen LogP) is 1.26. The van der Waals surface area contributed by atoms with E-state index < -0.39 is 0 Å². The Kier molecular flexibility index (Phi) is 4.35. The molecule has 1 amide bonds. The minimum Gasteiger partial charge on any atom is -0.332 e. The van der Waals surface area contributed by atoms with Gasteiger partial charge in [0.05, 0.1) is 6.07 Å². The molecule has 3 heteroatoms. The van der Waals surface area contributed by atoms with Gasteiger partial charge in [0.25, 0.3) is 0 Å². The summed E-state index contributed by atoms with van der Waals surface area (Å²) in [4.78, 5) is 12.9. The lowest BCUT2D eigenvalue weighted by Crippen LogP contribution is -2.34. The fraction of sp³-hybridized carbons (Fsp3) is 0.778. The molecule has 0 radical (unpaired) electrons. The molecule has 0 aromatic rings. The van der Waals surface area contributed by atoms with Gasteiger partial charge in [-0.3, -0.25) is 4.79 Å². The topological polar surface area (TPSA) is 44.1 Å². The van der Waals surface area contributed by atoms with E-state index in [0.717, 1.165) is 0 Å². The molecular formula is C9H16N2O. The van der Waals surface area contributed by atoms with E-state index >= 15 is 0 Å². The maximum absolute atomic E-state index is 11.4. The first-order valence-corrected chi connectivity index (χ1v) is 4.12. The zero-order valence-corrected chi connectivity index (χ0v) is 8.16. The Hall–Kier alpha value is -1.04. The van der Waals surface area contributed by atoms with Gasteiger partial charge in [0.2, 0.25) is 5.91 Å². The number of amides is 1. The summed E-state index contributed by atoms with van der Waals surface area (Å²) in [5.41, 5.74) is 0. The molecule has 0 heterocycles. The maximum atomic E-state index is 11.4. The molecule has 0 aliphatic heterocycles. The minimum atomic E-state index is 0.00310. The van der Waals surface area contributed by atoms with Crippen molar-refractivity contribution in [1.29, 1.82) is 5.26 Å². The molecule has 0 aromatic heterocycles. The Labute approximate surface area is 74.0 Å². The number of hydrogen-bond donors (Lipinski definition) is 0. The van der Waals surface area contributed by atoms with E-state index in [1.54, 1.807) is 7.05 Å². The van der Waals surface area contributed by atoms with E-state index in [0.29, 0.717) is 5.92 Å². The maximum Gasteiger partial charge on any atom is 0.226 e. The first-order chi connectivity index (χ1) is 5.50. The lowest BCUT2D eigenvalue weighted by atomic mass is 9.97. The summed E-state index contributed by atoms with van der Waals surface area (Å²) >= 11 is 0. The number of carbonyl (C=O) groups excluding carboxylic acids is 1. The van der Waals surface area contributed by atoms with Gasteiger partial charge in [-0.1, -0.05) is 20.8 Å². The summed E-state index contributed by atoms with van der Waals surface area (Å²) in [5.74, 6) is 0.383. The first kappa shape index (κ1) is 11.0. The molecule has 0 N–H and O–H groups in total. The van der Waals surface area contributed by atoms with Crippen molar-refractivity contribution in [2.45, 2.75) is 20.8 Å². The zero-order valence-electron chi connectivity index (χ0n) is 8.16. The highest BCUT2D eigenvalue weighted by atomic mass is 16.2. The van der Waals surface area contributed by atoms with Crippen LogP contribution >= 0.6 is 0 Å². The van der Waals surface area contributed by atoms with Gasteiger partial charge < -0.3 is 4.90 Å². The highest BCUT2D eigenvalue weighted by Gasteiger charge is 2.19. The first-order valence-electron chi connectivity index (χ1n) is 4.12. The Morgan fingerprint density at radius 2 is 2.00 bits per heavy atom. The average molecular weight is 168 g/mol. The van der Waals surface area contributed by atoms with Crippen LogP contribution in [0.2, 0.25) is 0 Å². The quantitative estimate of drug-likeness (QED) is 0.595. The average Bonchev–Trinajstić information content (AvgIpc) is 2.02. The largest absolute Gasteiger partial charge is 0.332 e. The molecule has 0 saturated heterocycles. The molecular weight excluding hydrogens is 152 g/mol. The SMILES string of the molecule is CC(C)C(C)C(=O)N(C)CC#N. The summed E-state index contributed by atoms with van der Waals surface area (Å²) in [6, 6.07) is 1.95. The van der Waals surface area contributed by atoms with E-state index in [4.69, 9.17) is 5.26 Å². The van der Waals surface area contributed by atoms with E-state index in [-0.39, 0.29) is 18.4 Å². The van der Waals surface area contributed by atoms with Crippen molar-refractivity contribution in [1.82, 2.24) is 4.90 Å². The Balaban J connectivity index is 4.11. The van der Waals surface area contributed by atoms with Crippen molar-refractivity contribution >= 4 is 5.91 Å². The van der Waals surface area contributed by atoms with E-state index in [9.17, 15) is 4.79 Å². The molecule has 0 aliphatic carbocycles. The Morgan fingerprint density at radius 1 is 1.50 bits per heavy atom. The van der Waals surface area contributed by atoms with Crippen LogP contribution in [0.4, 0.5) is 0 Å². The third-order valence-electron chi connectivity index (χ3n) is 2.07. The molecule has 0 aliphatic rings. The molecule has 0 fully saturated rings. The van der Waals surface area contributed by atoms with Crippen LogP contribution in [0.25, 0.3) is 0 Å². The van der Waals surface area contributed by atoms with Crippen molar-refractivity contribution < 1.29 is 4.79 Å². The normalized spacial score (nSPS) is 12.3. The third kappa shape index (κ3) is 2.91. The van der Waals surface area contributed by atoms with Gasteiger partial charge in [0.15, 0.2) is 0 Å². The minimum absolute atomic E-state index is 0.00310. The molecule has 1 atom stereocenters. The zero-order chi connectivity index (χ0) is 9.72. The van der Waals surface area contributed by atoms with Crippen molar-refractivity contribution in [3.05, 3.63) is 0 Å². The smallest absolute Gasteiger partial charge is 0.226 e. The number of rotatable bonds is 3. The number of carbonyl (C=O) groups is 1. The summed E-state index contributed by atoms with van der Waals surface area (Å²) in [7, 11) is 1.66. The second-order valence-electron chi connectivity index (χ2n) is 3.39. The molecule has 0 saturated carbocycles. The van der Waals surface area contributed by atoms with Crippen LogP contribution in [0.1, 0.15) is 20.8 Å². The van der Waals surface area contributed by atoms with E-state index in [1.807, 2.05) is 26.8 Å². The summed E-state index contributed by atoms with van der Waals surface area (Å²) in [6.45, 7) is 6.07. The van der Waals surface area contributed by atoms with Crippen LogP contribution in [0.3, 0.4) is 0 Å². The number of nitrogens with zero attached hydrogens (tertiary/aromatic N) is 2. The van der Waals surface area contributed by atoms with Crippen molar-refractivity contribution in [2.24, 2.45) is 11.8 Å². The van der Waals surface area contributed by atoms with Crippen molar-refractivity contribution in [3.63, 3.8) is 0 Å². The molecule has 0 aromatic carbocycles. The van der Waals surface area contributed by atoms with Crippen LogP contribution in [0, 0.1) is 23.2 Å². The van der Waals surface area contributed by atoms with Crippen LogP contribution in [0.5, 0.6) is 0 Å². The van der Waals surface area contributed by atoms with E-state index in [1.165, 1.54) is 4.90 Å². The Bertz CT molecular complexity index is 193. The standard InChI is InChI=1S/C9H16N2O/c1-7(2)8(3)9(12)11(4)6-5-10/h7-8H,6H2,1-4H3. The molecule has 68 valence electrons. The number of nitriles is 1. The molecule has 0 rings (SSSR count). The van der Waals surface area contributed by atoms with Crippen LogP contribution < -0.4 is 0 Å². The van der Waals surface area contributed by atoms with Gasteiger partial charge in [-0.15, -0.1) is 0 Å². The highest BCUT2D eigenvalue weighted by molar-refractivity contribution is 5.78.